The molecule has 0 radical (unpaired) electrons. The van der Waals surface area contributed by atoms with Crippen LogP contribution in [0.15, 0.2) is 23.3 Å². The number of pyridine rings is 1. The highest BCUT2D eigenvalue weighted by Gasteiger charge is 2.23. The summed E-state index contributed by atoms with van der Waals surface area (Å²) < 4.78 is 0. The molecule has 1 aromatic heterocycles. The molecule has 122 valence electrons. The first-order chi connectivity index (χ1) is 10.1. The molecule has 6 nitrogen and oxygen atoms in total. The molecule has 1 aliphatic heterocycles. The van der Waals surface area contributed by atoms with Crippen LogP contribution in [0.25, 0.3) is 0 Å². The van der Waals surface area contributed by atoms with Gasteiger partial charge < -0.3 is 15.5 Å². The number of amides is 1. The Bertz CT molecular complexity index is 534. The number of likely N-dealkylation sites (N-methyl/N-ethyl adjacent to an activating group) is 1. The Morgan fingerprint density at radius 2 is 2.32 bits per heavy atom. The minimum Gasteiger partial charge on any atom is -0.352 e. The van der Waals surface area contributed by atoms with Crippen molar-refractivity contribution in [2.24, 2.45) is 4.99 Å². The van der Waals surface area contributed by atoms with E-state index in [4.69, 9.17) is 0 Å². The summed E-state index contributed by atoms with van der Waals surface area (Å²) in [6, 6.07) is 4.21. The van der Waals surface area contributed by atoms with E-state index < -0.39 is 0 Å². The Kier molecular flexibility index (Phi) is 7.57. The molecular formula is C15H24IN5O. The van der Waals surface area contributed by atoms with Crippen molar-refractivity contribution in [2.45, 2.75) is 32.4 Å². The summed E-state index contributed by atoms with van der Waals surface area (Å²) in [7, 11) is 3.59. The molecule has 2 N–H and O–H groups in total. The Morgan fingerprint density at radius 1 is 1.55 bits per heavy atom. The molecular weight excluding hydrogens is 393 g/mol. The smallest absolute Gasteiger partial charge is 0.222 e. The van der Waals surface area contributed by atoms with Gasteiger partial charge in [-0.05, 0) is 25.0 Å². The van der Waals surface area contributed by atoms with Crippen LogP contribution < -0.4 is 10.6 Å². The van der Waals surface area contributed by atoms with Crippen LogP contribution in [0.1, 0.15) is 24.1 Å². The molecule has 1 amide bonds. The molecule has 1 atom stereocenters. The zero-order chi connectivity index (χ0) is 15.2. The van der Waals surface area contributed by atoms with Crippen molar-refractivity contribution in [3.8, 4) is 0 Å². The fourth-order valence-corrected chi connectivity index (χ4v) is 2.39. The summed E-state index contributed by atoms with van der Waals surface area (Å²) in [6.07, 6.45) is 3.22. The monoisotopic (exact) mass is 417 g/mol. The normalized spacial score (nSPS) is 18.7. The van der Waals surface area contributed by atoms with Gasteiger partial charge in [0.2, 0.25) is 5.91 Å². The summed E-state index contributed by atoms with van der Waals surface area (Å²) in [6.45, 7) is 3.39. The fraction of sp³-hybridized carbons (Fsp3) is 0.533. The quantitative estimate of drug-likeness (QED) is 0.442. The fourth-order valence-electron chi connectivity index (χ4n) is 2.39. The molecule has 1 fully saturated rings. The van der Waals surface area contributed by atoms with Gasteiger partial charge in [-0.25, -0.2) is 0 Å². The first-order valence-electron chi connectivity index (χ1n) is 7.21. The lowest BCUT2D eigenvalue weighted by Gasteiger charge is -2.31. The van der Waals surface area contributed by atoms with E-state index in [9.17, 15) is 4.79 Å². The van der Waals surface area contributed by atoms with Crippen molar-refractivity contribution in [3.05, 3.63) is 29.6 Å². The number of piperidine rings is 1. The van der Waals surface area contributed by atoms with Gasteiger partial charge in [0.05, 0.1) is 12.2 Å². The minimum atomic E-state index is 0. The maximum absolute atomic E-state index is 11.5. The van der Waals surface area contributed by atoms with Crippen LogP contribution >= 0.6 is 24.0 Å². The highest BCUT2D eigenvalue weighted by atomic mass is 127. The predicted molar refractivity (Wildman–Crippen MR) is 98.4 cm³/mol. The zero-order valence-electron chi connectivity index (χ0n) is 13.3. The lowest BCUT2D eigenvalue weighted by atomic mass is 10.1. The molecule has 1 aliphatic rings. The van der Waals surface area contributed by atoms with Crippen molar-refractivity contribution in [2.75, 3.05) is 20.6 Å². The number of aromatic nitrogens is 1. The Labute approximate surface area is 148 Å². The van der Waals surface area contributed by atoms with Gasteiger partial charge in [-0.3, -0.25) is 14.8 Å². The van der Waals surface area contributed by atoms with Crippen LogP contribution in [0.5, 0.6) is 0 Å². The average Bonchev–Trinajstić information content (AvgIpc) is 2.48. The van der Waals surface area contributed by atoms with Crippen molar-refractivity contribution < 1.29 is 4.79 Å². The van der Waals surface area contributed by atoms with Gasteiger partial charge in [-0.1, -0.05) is 6.07 Å². The van der Waals surface area contributed by atoms with E-state index in [0.717, 1.165) is 23.6 Å². The summed E-state index contributed by atoms with van der Waals surface area (Å²) in [5.74, 6) is 0.952. The van der Waals surface area contributed by atoms with Crippen LogP contribution in [0.4, 0.5) is 0 Å². The first kappa shape index (κ1) is 18.7. The van der Waals surface area contributed by atoms with Crippen LogP contribution in [0.2, 0.25) is 0 Å². The maximum atomic E-state index is 11.5. The van der Waals surface area contributed by atoms with E-state index >= 15 is 0 Å². The second kappa shape index (κ2) is 8.92. The second-order valence-corrected chi connectivity index (χ2v) is 5.35. The van der Waals surface area contributed by atoms with Crippen LogP contribution in [-0.4, -0.2) is 48.4 Å². The molecule has 0 aliphatic carbocycles. The Morgan fingerprint density at radius 3 is 2.95 bits per heavy atom. The van der Waals surface area contributed by atoms with Crippen LogP contribution in [0.3, 0.4) is 0 Å². The number of aliphatic imine (C=N–C) groups is 1. The number of rotatable bonds is 3. The van der Waals surface area contributed by atoms with Crippen LogP contribution in [0, 0.1) is 6.92 Å². The zero-order valence-corrected chi connectivity index (χ0v) is 15.6. The number of likely N-dealkylation sites (tertiary alicyclic amines) is 1. The van der Waals surface area contributed by atoms with E-state index in [2.05, 4.69) is 20.6 Å². The third kappa shape index (κ3) is 5.11. The molecule has 0 bridgehead atoms. The third-order valence-corrected chi connectivity index (χ3v) is 3.73. The summed E-state index contributed by atoms with van der Waals surface area (Å²) in [4.78, 5) is 21.8. The molecule has 1 unspecified atom stereocenters. The highest BCUT2D eigenvalue weighted by molar-refractivity contribution is 14.0. The van der Waals surface area contributed by atoms with Crippen molar-refractivity contribution in [1.29, 1.82) is 0 Å². The van der Waals surface area contributed by atoms with E-state index in [-0.39, 0.29) is 35.9 Å². The largest absolute Gasteiger partial charge is 0.352 e. The summed E-state index contributed by atoms with van der Waals surface area (Å²) >= 11 is 0. The summed E-state index contributed by atoms with van der Waals surface area (Å²) in [5, 5.41) is 6.64. The SMILES string of the molecule is CN=C(NCc1ncccc1C)NC1CCC(=O)N(C)C1.I. The van der Waals surface area contributed by atoms with E-state index in [1.807, 2.05) is 26.1 Å². The minimum absolute atomic E-state index is 0. The molecule has 1 saturated heterocycles. The van der Waals surface area contributed by atoms with Crippen molar-refractivity contribution in [3.63, 3.8) is 0 Å². The van der Waals surface area contributed by atoms with Crippen LogP contribution in [-0.2, 0) is 11.3 Å². The Hall–Kier alpha value is -1.38. The number of carbonyl (C=O) groups is 1. The molecule has 7 heteroatoms. The molecule has 0 spiro atoms. The van der Waals surface area contributed by atoms with E-state index in [1.165, 1.54) is 0 Å². The average molecular weight is 417 g/mol. The number of carbonyl (C=O) groups excluding carboxylic acids is 1. The number of halogens is 1. The number of hydrogen-bond donors (Lipinski definition) is 2. The van der Waals surface area contributed by atoms with E-state index in [0.29, 0.717) is 19.5 Å². The molecule has 1 aromatic rings. The van der Waals surface area contributed by atoms with Gasteiger partial charge >= 0.3 is 0 Å². The topological polar surface area (TPSA) is 69.6 Å². The maximum Gasteiger partial charge on any atom is 0.222 e. The lowest BCUT2D eigenvalue weighted by Crippen LogP contribution is -2.51. The molecule has 0 aromatic carbocycles. The molecule has 22 heavy (non-hydrogen) atoms. The van der Waals surface area contributed by atoms with Gasteiger partial charge in [-0.2, -0.15) is 0 Å². The molecule has 2 heterocycles. The van der Waals surface area contributed by atoms with Gasteiger partial charge in [0.15, 0.2) is 5.96 Å². The van der Waals surface area contributed by atoms with Gasteiger partial charge in [0, 0.05) is 39.3 Å². The lowest BCUT2D eigenvalue weighted by molar-refractivity contribution is -0.132. The third-order valence-electron chi connectivity index (χ3n) is 3.73. The van der Waals surface area contributed by atoms with Gasteiger partial charge in [0.1, 0.15) is 0 Å². The number of guanidine groups is 1. The number of nitrogens with zero attached hydrogens (tertiary/aromatic N) is 3. The second-order valence-electron chi connectivity index (χ2n) is 5.35. The predicted octanol–water partition coefficient (Wildman–Crippen LogP) is 1.29. The molecule has 0 saturated carbocycles. The number of nitrogens with one attached hydrogen (secondary N) is 2. The first-order valence-corrected chi connectivity index (χ1v) is 7.21. The van der Waals surface area contributed by atoms with Gasteiger partial charge in [-0.15, -0.1) is 24.0 Å². The van der Waals surface area contributed by atoms with Crippen molar-refractivity contribution in [1.82, 2.24) is 20.5 Å². The van der Waals surface area contributed by atoms with Gasteiger partial charge in [0.25, 0.3) is 0 Å². The molecule has 2 rings (SSSR count). The van der Waals surface area contributed by atoms with Crippen molar-refractivity contribution >= 4 is 35.8 Å². The Balaban J connectivity index is 0.00000242. The standard InChI is InChI=1S/C15H23N5O.HI/c1-11-5-4-8-17-13(11)9-18-15(16-2)19-12-6-7-14(21)20(3)10-12;/h4-5,8,12H,6-7,9-10H2,1-3H3,(H2,16,18,19);1H. The number of aryl methyl sites for hydroxylation is 1. The summed E-state index contributed by atoms with van der Waals surface area (Å²) in [5.41, 5.74) is 2.17. The van der Waals surface area contributed by atoms with E-state index in [1.54, 1.807) is 18.1 Å². The highest BCUT2D eigenvalue weighted by Crippen LogP contribution is 2.09. The number of hydrogen-bond acceptors (Lipinski definition) is 3.